The smallest absolute Gasteiger partial charge is 0.00534 e. The first-order valence-electron chi connectivity index (χ1n) is 10.5. The Morgan fingerprint density at radius 2 is 1.54 bits per heavy atom. The van der Waals surface area contributed by atoms with Gasteiger partial charge in [-0.1, -0.05) is 90.4 Å². The fourth-order valence-electron chi connectivity index (χ4n) is 3.24. The van der Waals surface area contributed by atoms with Crippen LogP contribution in [0.2, 0.25) is 0 Å². The lowest BCUT2D eigenvalue weighted by Gasteiger charge is -2.29. The van der Waals surface area contributed by atoms with E-state index in [1.54, 1.807) is 5.57 Å². The van der Waals surface area contributed by atoms with Crippen molar-refractivity contribution in [1.82, 2.24) is 0 Å². The quantitative estimate of drug-likeness (QED) is 0.148. The second kappa shape index (κ2) is 15.2. The molecule has 0 heterocycles. The molecule has 0 saturated carbocycles. The molecule has 0 saturated heterocycles. The van der Waals surface area contributed by atoms with Crippen molar-refractivity contribution in [3.8, 4) is 0 Å². The molecule has 0 radical (unpaired) electrons. The highest BCUT2D eigenvalue weighted by atomic mass is 31.1. The van der Waals surface area contributed by atoms with Crippen LogP contribution in [0, 0.1) is 0 Å². The highest BCUT2D eigenvalue weighted by Gasteiger charge is 2.21. The topological polar surface area (TPSA) is 0 Å². The van der Waals surface area contributed by atoms with Crippen LogP contribution in [0.1, 0.15) is 112 Å². The van der Waals surface area contributed by atoms with E-state index in [-0.39, 0.29) is 0 Å². The van der Waals surface area contributed by atoms with Crippen molar-refractivity contribution >= 4 is 8.58 Å². The first-order valence-corrected chi connectivity index (χ1v) is 11.6. The van der Waals surface area contributed by atoms with Gasteiger partial charge in [0.15, 0.2) is 0 Å². The summed E-state index contributed by atoms with van der Waals surface area (Å²) in [5.74, 6) is 0. The van der Waals surface area contributed by atoms with Gasteiger partial charge in [-0.15, -0.1) is 15.2 Å². The third-order valence-electron chi connectivity index (χ3n) is 5.02. The number of hydrogen-bond donors (Lipinski definition) is 0. The van der Waals surface area contributed by atoms with E-state index in [1.165, 1.54) is 77.0 Å². The molecule has 2 unspecified atom stereocenters. The highest BCUT2D eigenvalue weighted by Crippen LogP contribution is 2.42. The largest absolute Gasteiger partial charge is 0.109 e. The minimum absolute atomic E-state index is 0.508. The molecule has 142 valence electrons. The summed E-state index contributed by atoms with van der Waals surface area (Å²) in [4.78, 5) is 0. The van der Waals surface area contributed by atoms with Gasteiger partial charge in [-0.2, -0.15) is 0 Å². The molecule has 0 aromatic heterocycles. The fourth-order valence-corrected chi connectivity index (χ4v) is 5.07. The maximum absolute atomic E-state index is 3.80. The summed E-state index contributed by atoms with van der Waals surface area (Å²) < 4.78 is 0. The molecule has 0 aromatic carbocycles. The molecule has 0 aliphatic heterocycles. The second-order valence-electron chi connectivity index (χ2n) is 8.14. The van der Waals surface area contributed by atoms with Gasteiger partial charge in [0.2, 0.25) is 0 Å². The molecule has 0 fully saturated rings. The van der Waals surface area contributed by atoms with Crippen LogP contribution in [0.25, 0.3) is 0 Å². The van der Waals surface area contributed by atoms with Crippen LogP contribution in [0.5, 0.6) is 0 Å². The Morgan fingerprint density at radius 3 is 2.17 bits per heavy atom. The standard InChI is InChI=1S/C23H45P/c1-7-9-11-13-15-17-19-21(3)22(4)24-23(5,6)20-18-16-14-12-10-8-2/h8,19,22,24H,2,7,9-18,20H2,1,3-6H3/b21-19-. The highest BCUT2D eigenvalue weighted by molar-refractivity contribution is 7.41. The van der Waals surface area contributed by atoms with Crippen LogP contribution in [-0.2, 0) is 0 Å². The Balaban J connectivity index is 3.94. The van der Waals surface area contributed by atoms with Crippen LogP contribution in [0.4, 0.5) is 0 Å². The Hall–Kier alpha value is -0.0900. The minimum Gasteiger partial charge on any atom is -0.109 e. The van der Waals surface area contributed by atoms with Gasteiger partial charge in [-0.05, 0) is 49.8 Å². The van der Waals surface area contributed by atoms with Gasteiger partial charge >= 0.3 is 0 Å². The van der Waals surface area contributed by atoms with E-state index in [9.17, 15) is 0 Å². The van der Waals surface area contributed by atoms with Gasteiger partial charge in [0.1, 0.15) is 0 Å². The molecule has 0 aliphatic rings. The van der Waals surface area contributed by atoms with Crippen LogP contribution >= 0.6 is 8.58 Å². The number of rotatable bonds is 16. The van der Waals surface area contributed by atoms with Crippen molar-refractivity contribution in [2.45, 2.75) is 122 Å². The fraction of sp³-hybridized carbons (Fsp3) is 0.826. The number of unbranched alkanes of at least 4 members (excludes halogenated alkanes) is 9. The summed E-state index contributed by atoms with van der Waals surface area (Å²) in [6.07, 6.45) is 20.9. The average Bonchev–Trinajstić information content (AvgIpc) is 2.53. The third kappa shape index (κ3) is 14.3. The molecule has 0 nitrogen and oxygen atoms in total. The van der Waals surface area contributed by atoms with E-state index in [0.717, 1.165) is 14.2 Å². The maximum atomic E-state index is 3.80. The summed E-state index contributed by atoms with van der Waals surface area (Å²) in [5.41, 5.74) is 2.39. The Morgan fingerprint density at radius 1 is 0.958 bits per heavy atom. The Labute approximate surface area is 155 Å². The van der Waals surface area contributed by atoms with E-state index in [2.05, 4.69) is 47.3 Å². The predicted molar refractivity (Wildman–Crippen MR) is 117 cm³/mol. The number of hydrogen-bond acceptors (Lipinski definition) is 0. The summed E-state index contributed by atoms with van der Waals surface area (Å²) in [6.45, 7) is 15.8. The van der Waals surface area contributed by atoms with Gasteiger partial charge in [0, 0.05) is 0 Å². The van der Waals surface area contributed by atoms with E-state index in [0.29, 0.717) is 5.16 Å². The van der Waals surface area contributed by atoms with Gasteiger partial charge in [-0.25, -0.2) is 0 Å². The molecule has 24 heavy (non-hydrogen) atoms. The third-order valence-corrected chi connectivity index (χ3v) is 6.94. The monoisotopic (exact) mass is 352 g/mol. The lowest BCUT2D eigenvalue weighted by atomic mass is 10.0. The second-order valence-corrected chi connectivity index (χ2v) is 10.7. The molecule has 0 amide bonds. The van der Waals surface area contributed by atoms with E-state index >= 15 is 0 Å². The van der Waals surface area contributed by atoms with Crippen molar-refractivity contribution in [3.63, 3.8) is 0 Å². The molecule has 0 rings (SSSR count). The van der Waals surface area contributed by atoms with Crippen molar-refractivity contribution < 1.29 is 0 Å². The minimum atomic E-state index is 0.508. The summed E-state index contributed by atoms with van der Waals surface area (Å²) >= 11 is 0. The first kappa shape index (κ1) is 23.9. The lowest BCUT2D eigenvalue weighted by molar-refractivity contribution is 0.548. The Kier molecular flexibility index (Phi) is 15.1. The van der Waals surface area contributed by atoms with Crippen molar-refractivity contribution in [2.75, 3.05) is 0 Å². The predicted octanol–water partition coefficient (Wildman–Crippen LogP) is 8.67. The molecular formula is C23H45P. The zero-order chi connectivity index (χ0) is 18.3. The number of allylic oxidation sites excluding steroid dienone is 3. The molecule has 0 bridgehead atoms. The van der Waals surface area contributed by atoms with Crippen LogP contribution < -0.4 is 0 Å². The lowest BCUT2D eigenvalue weighted by Crippen LogP contribution is -2.17. The summed E-state index contributed by atoms with van der Waals surface area (Å²) in [5, 5.41) is 0.508. The molecule has 0 aromatic rings. The maximum Gasteiger partial charge on any atom is -0.00534 e. The average molecular weight is 353 g/mol. The van der Waals surface area contributed by atoms with Crippen LogP contribution in [0.3, 0.4) is 0 Å². The van der Waals surface area contributed by atoms with E-state index < -0.39 is 0 Å². The molecule has 0 spiro atoms. The summed E-state index contributed by atoms with van der Waals surface area (Å²) in [7, 11) is 1.05. The van der Waals surface area contributed by atoms with E-state index in [1.807, 2.05) is 6.08 Å². The molecular weight excluding hydrogens is 307 g/mol. The SMILES string of the molecule is C=CCCCCCCC(C)(C)PC(C)/C(C)=C\CCCCCCC. The van der Waals surface area contributed by atoms with Gasteiger partial charge in [0.25, 0.3) is 0 Å². The van der Waals surface area contributed by atoms with Gasteiger partial charge < -0.3 is 0 Å². The van der Waals surface area contributed by atoms with Crippen LogP contribution in [-0.4, -0.2) is 10.8 Å². The van der Waals surface area contributed by atoms with Crippen molar-refractivity contribution in [1.29, 1.82) is 0 Å². The normalized spacial score (nSPS) is 14.5. The summed E-state index contributed by atoms with van der Waals surface area (Å²) in [6, 6.07) is 0. The zero-order valence-corrected chi connectivity index (χ0v) is 18.4. The molecule has 2 atom stereocenters. The van der Waals surface area contributed by atoms with E-state index in [4.69, 9.17) is 0 Å². The van der Waals surface area contributed by atoms with Crippen molar-refractivity contribution in [2.24, 2.45) is 0 Å². The van der Waals surface area contributed by atoms with Gasteiger partial charge in [-0.3, -0.25) is 0 Å². The van der Waals surface area contributed by atoms with Crippen molar-refractivity contribution in [3.05, 3.63) is 24.3 Å². The van der Waals surface area contributed by atoms with Crippen LogP contribution in [0.15, 0.2) is 24.3 Å². The zero-order valence-electron chi connectivity index (χ0n) is 17.4. The van der Waals surface area contributed by atoms with Gasteiger partial charge in [0.05, 0.1) is 0 Å². The molecule has 0 N–H and O–H groups in total. The molecule has 1 heteroatoms. The Bertz CT molecular complexity index is 327. The first-order chi connectivity index (χ1) is 11.4. The molecule has 0 aliphatic carbocycles.